The molecule has 1 N–H and O–H groups in total. The molecule has 1 aliphatic rings. The molecular weight excluding hydrogens is 332 g/mol. The topological polar surface area (TPSA) is 67.9 Å². The van der Waals surface area contributed by atoms with Gasteiger partial charge in [-0.3, -0.25) is 9.59 Å². The van der Waals surface area contributed by atoms with Gasteiger partial charge in [0.2, 0.25) is 0 Å². The Hall–Kier alpha value is -3.02. The Bertz CT molecular complexity index is 817. The average molecular weight is 354 g/mol. The normalized spacial score (nSPS) is 15.9. The smallest absolute Gasteiger partial charge is 0.267 e. The maximum Gasteiger partial charge on any atom is 0.267 e. The molecule has 2 aromatic rings. The molecule has 0 radical (unpaired) electrons. The molecule has 2 aromatic carbocycles. The number of ether oxygens (including phenoxy) is 2. The molecule has 0 unspecified atom stereocenters. The Kier molecular flexibility index (Phi) is 5.11. The Morgan fingerprint density at radius 3 is 2.65 bits per heavy atom. The van der Waals surface area contributed by atoms with Crippen LogP contribution in [-0.4, -0.2) is 31.6 Å². The summed E-state index contributed by atoms with van der Waals surface area (Å²) in [4.78, 5) is 26.0. The van der Waals surface area contributed by atoms with E-state index in [1.807, 2.05) is 6.92 Å². The molecular formula is C20H22N2O4. The number of rotatable bonds is 5. The van der Waals surface area contributed by atoms with Crippen molar-refractivity contribution in [1.29, 1.82) is 0 Å². The number of nitrogens with zero attached hydrogens (tertiary/aromatic N) is 1. The largest absolute Gasteiger partial charge is 0.494 e. The summed E-state index contributed by atoms with van der Waals surface area (Å²) in [5.41, 5.74) is 1.76. The Morgan fingerprint density at radius 1 is 1.23 bits per heavy atom. The van der Waals surface area contributed by atoms with Gasteiger partial charge in [-0.2, -0.15) is 0 Å². The van der Waals surface area contributed by atoms with Crippen molar-refractivity contribution in [1.82, 2.24) is 0 Å². The number of carbonyl (C=O) groups is 2. The lowest BCUT2D eigenvalue weighted by molar-refractivity contribution is -0.125. The van der Waals surface area contributed by atoms with Crippen LogP contribution >= 0.6 is 0 Å². The van der Waals surface area contributed by atoms with E-state index >= 15 is 0 Å². The Balaban J connectivity index is 1.73. The number of hydrogen-bond acceptors (Lipinski definition) is 4. The van der Waals surface area contributed by atoms with Crippen molar-refractivity contribution in [2.45, 2.75) is 26.4 Å². The summed E-state index contributed by atoms with van der Waals surface area (Å²) < 4.78 is 11.1. The van der Waals surface area contributed by atoms with Gasteiger partial charge in [0.05, 0.1) is 12.3 Å². The Labute approximate surface area is 152 Å². The highest BCUT2D eigenvalue weighted by Gasteiger charge is 2.29. The predicted octanol–water partition coefficient (Wildman–Crippen LogP) is 3.47. The summed E-state index contributed by atoms with van der Waals surface area (Å²) in [6, 6.07) is 12.2. The SMILES string of the molecule is CCCOc1ccc(C(=O)Nc2ccc3c(c2)N(C)C(=O)[C@@H](C)O3)cc1. The van der Waals surface area contributed by atoms with E-state index in [1.54, 1.807) is 61.3 Å². The molecule has 3 rings (SSSR count). The molecule has 2 amide bonds. The molecule has 0 bridgehead atoms. The van der Waals surface area contributed by atoms with E-state index < -0.39 is 6.10 Å². The molecule has 0 aliphatic carbocycles. The van der Waals surface area contributed by atoms with Gasteiger partial charge in [-0.15, -0.1) is 0 Å². The fourth-order valence-corrected chi connectivity index (χ4v) is 2.71. The number of nitrogens with one attached hydrogen (secondary N) is 1. The summed E-state index contributed by atoms with van der Waals surface area (Å²) in [7, 11) is 1.70. The van der Waals surface area contributed by atoms with E-state index in [0.29, 0.717) is 29.3 Å². The quantitative estimate of drug-likeness (QED) is 0.893. The first-order valence-corrected chi connectivity index (χ1v) is 8.62. The number of carbonyl (C=O) groups excluding carboxylic acids is 2. The van der Waals surface area contributed by atoms with Gasteiger partial charge in [0.25, 0.3) is 11.8 Å². The number of anilines is 2. The summed E-state index contributed by atoms with van der Waals surface area (Å²) in [6.45, 7) is 4.40. The third kappa shape index (κ3) is 3.64. The lowest BCUT2D eigenvalue weighted by Crippen LogP contribution is -2.41. The van der Waals surface area contributed by atoms with Gasteiger partial charge in [0.15, 0.2) is 6.10 Å². The van der Waals surface area contributed by atoms with Gasteiger partial charge in [-0.25, -0.2) is 0 Å². The second-order valence-electron chi connectivity index (χ2n) is 6.17. The number of hydrogen-bond donors (Lipinski definition) is 1. The van der Waals surface area contributed by atoms with Crippen molar-refractivity contribution >= 4 is 23.2 Å². The lowest BCUT2D eigenvalue weighted by atomic mass is 10.1. The van der Waals surface area contributed by atoms with Crippen LogP contribution in [0, 0.1) is 0 Å². The highest BCUT2D eigenvalue weighted by Crippen LogP contribution is 2.35. The highest BCUT2D eigenvalue weighted by molar-refractivity contribution is 6.05. The molecule has 26 heavy (non-hydrogen) atoms. The van der Waals surface area contributed by atoms with Gasteiger partial charge in [-0.1, -0.05) is 6.92 Å². The molecule has 1 aliphatic heterocycles. The van der Waals surface area contributed by atoms with E-state index in [2.05, 4.69) is 5.32 Å². The summed E-state index contributed by atoms with van der Waals surface area (Å²) >= 11 is 0. The van der Waals surface area contributed by atoms with Crippen molar-refractivity contribution in [2.75, 3.05) is 23.9 Å². The molecule has 6 heteroatoms. The van der Waals surface area contributed by atoms with E-state index in [-0.39, 0.29) is 11.8 Å². The van der Waals surface area contributed by atoms with E-state index in [1.165, 1.54) is 0 Å². The van der Waals surface area contributed by atoms with Gasteiger partial charge < -0.3 is 19.7 Å². The van der Waals surface area contributed by atoms with Crippen molar-refractivity contribution < 1.29 is 19.1 Å². The van der Waals surface area contributed by atoms with Crippen LogP contribution in [0.5, 0.6) is 11.5 Å². The minimum atomic E-state index is -0.513. The molecule has 0 aromatic heterocycles. The van der Waals surface area contributed by atoms with Crippen LogP contribution in [-0.2, 0) is 4.79 Å². The first kappa shape index (κ1) is 17.8. The first-order valence-electron chi connectivity index (χ1n) is 8.62. The minimum Gasteiger partial charge on any atom is -0.494 e. The van der Waals surface area contributed by atoms with Gasteiger partial charge in [-0.05, 0) is 55.8 Å². The number of likely N-dealkylation sites (N-methyl/N-ethyl adjacent to an activating group) is 1. The second kappa shape index (κ2) is 7.47. The Morgan fingerprint density at radius 2 is 1.96 bits per heavy atom. The van der Waals surface area contributed by atoms with E-state index in [0.717, 1.165) is 12.2 Å². The van der Waals surface area contributed by atoms with Crippen LogP contribution in [0.3, 0.4) is 0 Å². The molecule has 0 saturated carbocycles. The van der Waals surface area contributed by atoms with Crippen LogP contribution in [0.4, 0.5) is 11.4 Å². The van der Waals surface area contributed by atoms with Crippen LogP contribution in [0.1, 0.15) is 30.6 Å². The molecule has 0 spiro atoms. The zero-order valence-corrected chi connectivity index (χ0v) is 15.1. The molecule has 1 heterocycles. The van der Waals surface area contributed by atoms with E-state index in [9.17, 15) is 9.59 Å². The van der Waals surface area contributed by atoms with Crippen molar-refractivity contribution in [2.24, 2.45) is 0 Å². The minimum absolute atomic E-state index is 0.122. The monoisotopic (exact) mass is 354 g/mol. The first-order chi connectivity index (χ1) is 12.5. The van der Waals surface area contributed by atoms with Crippen LogP contribution in [0.25, 0.3) is 0 Å². The maximum absolute atomic E-state index is 12.4. The molecule has 1 atom stereocenters. The number of fused-ring (bicyclic) bond motifs is 1. The number of amides is 2. The third-order valence-corrected chi connectivity index (χ3v) is 4.15. The fraction of sp³-hybridized carbons (Fsp3) is 0.300. The molecule has 136 valence electrons. The predicted molar refractivity (Wildman–Crippen MR) is 100 cm³/mol. The van der Waals surface area contributed by atoms with Crippen LogP contribution in [0.2, 0.25) is 0 Å². The van der Waals surface area contributed by atoms with E-state index in [4.69, 9.17) is 9.47 Å². The molecule has 6 nitrogen and oxygen atoms in total. The molecule has 0 saturated heterocycles. The molecule has 0 fully saturated rings. The van der Waals surface area contributed by atoms with Crippen LogP contribution in [0.15, 0.2) is 42.5 Å². The van der Waals surface area contributed by atoms with Gasteiger partial charge in [0.1, 0.15) is 11.5 Å². The summed E-state index contributed by atoms with van der Waals surface area (Å²) in [6.07, 6.45) is 0.418. The zero-order valence-electron chi connectivity index (χ0n) is 15.1. The summed E-state index contributed by atoms with van der Waals surface area (Å²) in [5.74, 6) is 1.01. The second-order valence-corrected chi connectivity index (χ2v) is 6.17. The number of benzene rings is 2. The lowest BCUT2D eigenvalue weighted by Gasteiger charge is -2.30. The maximum atomic E-state index is 12.4. The third-order valence-electron chi connectivity index (χ3n) is 4.15. The fourth-order valence-electron chi connectivity index (χ4n) is 2.71. The summed E-state index contributed by atoms with van der Waals surface area (Å²) in [5, 5.41) is 2.84. The standard InChI is InChI=1S/C20H22N2O4/c1-4-11-25-16-8-5-14(6-9-16)19(23)21-15-7-10-18-17(12-15)22(3)20(24)13(2)26-18/h5-10,12-13H,4,11H2,1-3H3,(H,21,23)/t13-/m1/s1. The zero-order chi connectivity index (χ0) is 18.7. The van der Waals surface area contributed by atoms with Crippen molar-refractivity contribution in [3.8, 4) is 11.5 Å². The average Bonchev–Trinajstić information content (AvgIpc) is 2.65. The van der Waals surface area contributed by atoms with Crippen molar-refractivity contribution in [3.05, 3.63) is 48.0 Å². The van der Waals surface area contributed by atoms with Crippen LogP contribution < -0.4 is 19.7 Å². The van der Waals surface area contributed by atoms with Gasteiger partial charge >= 0.3 is 0 Å². The van der Waals surface area contributed by atoms with Gasteiger partial charge in [0, 0.05) is 18.3 Å². The van der Waals surface area contributed by atoms with Crippen molar-refractivity contribution in [3.63, 3.8) is 0 Å². The highest BCUT2D eigenvalue weighted by atomic mass is 16.5.